The summed E-state index contributed by atoms with van der Waals surface area (Å²) in [6.07, 6.45) is 4.53. The van der Waals surface area contributed by atoms with Gasteiger partial charge in [-0.25, -0.2) is 0 Å². The molecule has 20 heavy (non-hydrogen) atoms. The van der Waals surface area contributed by atoms with Crippen LogP contribution >= 0.6 is 11.6 Å². The third-order valence-corrected chi connectivity index (χ3v) is 4.36. The number of benzene rings is 1. The van der Waals surface area contributed by atoms with Crippen molar-refractivity contribution in [1.29, 1.82) is 0 Å². The number of Topliss-reactive ketones (excluding diaryl/α,β-unsaturated/α-hetero) is 1. The molecule has 3 nitrogen and oxygen atoms in total. The van der Waals surface area contributed by atoms with Gasteiger partial charge in [0.05, 0.1) is 11.1 Å². The Hall–Kier alpha value is -1.22. The van der Waals surface area contributed by atoms with E-state index in [1.165, 1.54) is 6.92 Å². The molecular formula is C16H22ClNO2. The van der Waals surface area contributed by atoms with Crippen LogP contribution in [0.1, 0.15) is 56.8 Å². The predicted octanol–water partition coefficient (Wildman–Crippen LogP) is 4.47. The number of ether oxygens (including phenoxy) is 1. The first-order valence-electron chi connectivity index (χ1n) is 7.05. The SMILES string of the molecule is CC(=O)c1cc(Cl)c(OC2CCC(C)(C)CC2)cc1N. The molecule has 1 aromatic carbocycles. The Morgan fingerprint density at radius 2 is 1.95 bits per heavy atom. The van der Waals surface area contributed by atoms with Gasteiger partial charge in [-0.05, 0) is 44.1 Å². The zero-order chi connectivity index (χ0) is 14.9. The van der Waals surface area contributed by atoms with E-state index in [0.717, 1.165) is 25.7 Å². The molecule has 1 fully saturated rings. The van der Waals surface area contributed by atoms with Gasteiger partial charge < -0.3 is 10.5 Å². The van der Waals surface area contributed by atoms with E-state index in [9.17, 15) is 4.79 Å². The number of rotatable bonds is 3. The molecule has 0 spiro atoms. The van der Waals surface area contributed by atoms with Crippen molar-refractivity contribution >= 4 is 23.1 Å². The number of halogens is 1. The Morgan fingerprint density at radius 3 is 2.50 bits per heavy atom. The van der Waals surface area contributed by atoms with Crippen molar-refractivity contribution in [3.05, 3.63) is 22.7 Å². The molecule has 4 heteroatoms. The van der Waals surface area contributed by atoms with Crippen LogP contribution in [0, 0.1) is 5.41 Å². The quantitative estimate of drug-likeness (QED) is 0.661. The van der Waals surface area contributed by atoms with Crippen LogP contribution < -0.4 is 10.5 Å². The van der Waals surface area contributed by atoms with Gasteiger partial charge in [0.25, 0.3) is 0 Å². The number of hydrogen-bond acceptors (Lipinski definition) is 3. The average Bonchev–Trinajstić information content (AvgIpc) is 2.35. The first kappa shape index (κ1) is 15.2. The second-order valence-corrected chi connectivity index (χ2v) is 6.81. The van der Waals surface area contributed by atoms with Crippen LogP contribution in [0.25, 0.3) is 0 Å². The number of hydrogen-bond donors (Lipinski definition) is 1. The largest absolute Gasteiger partial charge is 0.489 e. The van der Waals surface area contributed by atoms with Gasteiger partial charge in [0.1, 0.15) is 5.75 Å². The molecule has 1 aliphatic rings. The normalized spacial score (nSPS) is 18.8. The van der Waals surface area contributed by atoms with Crippen molar-refractivity contribution < 1.29 is 9.53 Å². The maximum Gasteiger partial charge on any atom is 0.161 e. The smallest absolute Gasteiger partial charge is 0.161 e. The third kappa shape index (κ3) is 3.45. The number of carbonyl (C=O) groups excluding carboxylic acids is 1. The van der Waals surface area contributed by atoms with E-state index >= 15 is 0 Å². The number of ketones is 1. The molecular weight excluding hydrogens is 274 g/mol. The lowest BCUT2D eigenvalue weighted by molar-refractivity contribution is 0.0986. The van der Waals surface area contributed by atoms with Crippen LogP contribution in [0.2, 0.25) is 5.02 Å². The van der Waals surface area contributed by atoms with Crippen LogP contribution in [0.5, 0.6) is 5.75 Å². The first-order chi connectivity index (χ1) is 9.28. The summed E-state index contributed by atoms with van der Waals surface area (Å²) in [6, 6.07) is 3.26. The molecule has 0 atom stereocenters. The monoisotopic (exact) mass is 295 g/mol. The highest BCUT2D eigenvalue weighted by atomic mass is 35.5. The zero-order valence-electron chi connectivity index (χ0n) is 12.3. The fourth-order valence-corrected chi connectivity index (χ4v) is 2.84. The molecule has 0 heterocycles. The highest BCUT2D eigenvalue weighted by Crippen LogP contribution is 2.38. The van der Waals surface area contributed by atoms with E-state index in [1.54, 1.807) is 12.1 Å². The Labute approximate surface area is 125 Å². The molecule has 0 bridgehead atoms. The molecule has 0 aromatic heterocycles. The molecule has 0 aliphatic heterocycles. The minimum absolute atomic E-state index is 0.0876. The Balaban J connectivity index is 2.11. The third-order valence-electron chi connectivity index (χ3n) is 4.06. The highest BCUT2D eigenvalue weighted by molar-refractivity contribution is 6.32. The van der Waals surface area contributed by atoms with Crippen molar-refractivity contribution in [3.63, 3.8) is 0 Å². The molecule has 110 valence electrons. The number of anilines is 1. The van der Waals surface area contributed by atoms with E-state index in [0.29, 0.717) is 27.4 Å². The Morgan fingerprint density at radius 1 is 1.35 bits per heavy atom. The van der Waals surface area contributed by atoms with Crippen molar-refractivity contribution in [3.8, 4) is 5.75 Å². The lowest BCUT2D eigenvalue weighted by Crippen LogP contribution is -2.28. The van der Waals surface area contributed by atoms with Gasteiger partial charge in [-0.2, -0.15) is 0 Å². The summed E-state index contributed by atoms with van der Waals surface area (Å²) in [5.41, 5.74) is 7.16. The second-order valence-electron chi connectivity index (χ2n) is 6.41. The van der Waals surface area contributed by atoms with Crippen molar-refractivity contribution in [2.24, 2.45) is 5.41 Å². The van der Waals surface area contributed by atoms with E-state index < -0.39 is 0 Å². The van der Waals surface area contributed by atoms with Gasteiger partial charge in [0, 0.05) is 17.3 Å². The van der Waals surface area contributed by atoms with Crippen LogP contribution in [0.15, 0.2) is 12.1 Å². The van der Waals surface area contributed by atoms with E-state index in [-0.39, 0.29) is 11.9 Å². The molecule has 2 N–H and O–H groups in total. The minimum atomic E-state index is -0.0876. The van der Waals surface area contributed by atoms with Crippen LogP contribution in [0.3, 0.4) is 0 Å². The summed E-state index contributed by atoms with van der Waals surface area (Å²) in [7, 11) is 0. The van der Waals surface area contributed by atoms with E-state index in [2.05, 4.69) is 13.8 Å². The van der Waals surface area contributed by atoms with Crippen LogP contribution in [-0.2, 0) is 0 Å². The van der Waals surface area contributed by atoms with Gasteiger partial charge in [0.15, 0.2) is 5.78 Å². The molecule has 0 unspecified atom stereocenters. The number of nitrogen functional groups attached to an aromatic ring is 1. The lowest BCUT2D eigenvalue weighted by atomic mass is 9.76. The molecule has 0 amide bonds. The predicted molar refractivity (Wildman–Crippen MR) is 82.5 cm³/mol. The summed E-state index contributed by atoms with van der Waals surface area (Å²) in [5.74, 6) is 0.495. The topological polar surface area (TPSA) is 52.3 Å². The Bertz CT molecular complexity index is 515. The lowest BCUT2D eigenvalue weighted by Gasteiger charge is -2.34. The fraction of sp³-hybridized carbons (Fsp3) is 0.562. The van der Waals surface area contributed by atoms with E-state index in [1.807, 2.05) is 0 Å². The minimum Gasteiger partial charge on any atom is -0.489 e. The summed E-state index contributed by atoms with van der Waals surface area (Å²) >= 11 is 6.19. The first-order valence-corrected chi connectivity index (χ1v) is 7.43. The molecule has 0 saturated heterocycles. The number of nitrogens with two attached hydrogens (primary N) is 1. The van der Waals surface area contributed by atoms with Crippen LogP contribution in [-0.4, -0.2) is 11.9 Å². The molecule has 1 saturated carbocycles. The van der Waals surface area contributed by atoms with Crippen molar-refractivity contribution in [2.75, 3.05) is 5.73 Å². The average molecular weight is 296 g/mol. The van der Waals surface area contributed by atoms with Gasteiger partial charge in [0.2, 0.25) is 0 Å². The van der Waals surface area contributed by atoms with Gasteiger partial charge in [-0.3, -0.25) is 4.79 Å². The molecule has 1 aliphatic carbocycles. The summed E-state index contributed by atoms with van der Waals surface area (Å²) in [4.78, 5) is 11.4. The highest BCUT2D eigenvalue weighted by Gasteiger charge is 2.28. The van der Waals surface area contributed by atoms with Gasteiger partial charge in [-0.1, -0.05) is 25.4 Å². The molecule has 1 aromatic rings. The molecule has 0 radical (unpaired) electrons. The maximum absolute atomic E-state index is 11.4. The maximum atomic E-state index is 11.4. The standard InChI is InChI=1S/C16H22ClNO2/c1-10(19)12-8-13(17)15(9-14(12)18)20-11-4-6-16(2,3)7-5-11/h8-9,11H,4-7,18H2,1-3H3. The van der Waals surface area contributed by atoms with Crippen molar-refractivity contribution in [2.45, 2.75) is 52.6 Å². The summed E-state index contributed by atoms with van der Waals surface area (Å²) in [6.45, 7) is 6.05. The molecule has 2 rings (SSSR count). The van der Waals surface area contributed by atoms with Crippen LogP contribution in [0.4, 0.5) is 5.69 Å². The summed E-state index contributed by atoms with van der Waals surface area (Å²) < 4.78 is 5.97. The Kier molecular flexibility index (Phi) is 4.28. The van der Waals surface area contributed by atoms with Gasteiger partial charge >= 0.3 is 0 Å². The fourth-order valence-electron chi connectivity index (χ4n) is 2.63. The second kappa shape index (κ2) is 5.65. The van der Waals surface area contributed by atoms with E-state index in [4.69, 9.17) is 22.1 Å². The number of carbonyl (C=O) groups is 1. The zero-order valence-corrected chi connectivity index (χ0v) is 13.1. The van der Waals surface area contributed by atoms with Crippen molar-refractivity contribution in [1.82, 2.24) is 0 Å². The van der Waals surface area contributed by atoms with Gasteiger partial charge in [-0.15, -0.1) is 0 Å². The summed E-state index contributed by atoms with van der Waals surface area (Å²) in [5, 5.41) is 0.453.